The molecule has 3 nitrogen and oxygen atoms in total. The van der Waals surface area contributed by atoms with E-state index in [0.29, 0.717) is 18.9 Å². The van der Waals surface area contributed by atoms with Crippen molar-refractivity contribution in [3.05, 3.63) is 35.6 Å². The van der Waals surface area contributed by atoms with Crippen molar-refractivity contribution < 1.29 is 9.18 Å². The summed E-state index contributed by atoms with van der Waals surface area (Å²) in [7, 11) is 0. The average molecular weight is 315 g/mol. The van der Waals surface area contributed by atoms with Crippen molar-refractivity contribution in [2.24, 2.45) is 5.92 Å². The third kappa shape index (κ3) is 6.91. The summed E-state index contributed by atoms with van der Waals surface area (Å²) in [5, 5.41) is 6.27. The molecular formula is C16H24ClFN2O. The van der Waals surface area contributed by atoms with E-state index in [0.717, 1.165) is 31.5 Å². The second-order valence-corrected chi connectivity index (χ2v) is 5.46. The van der Waals surface area contributed by atoms with E-state index in [1.165, 1.54) is 25.0 Å². The highest BCUT2D eigenvalue weighted by Crippen LogP contribution is 2.17. The van der Waals surface area contributed by atoms with Crippen LogP contribution in [0.5, 0.6) is 0 Å². The van der Waals surface area contributed by atoms with E-state index in [9.17, 15) is 9.18 Å². The molecule has 118 valence electrons. The first-order chi connectivity index (χ1) is 9.74. The molecule has 1 aromatic carbocycles. The summed E-state index contributed by atoms with van der Waals surface area (Å²) in [5.41, 5.74) is 1.05. The van der Waals surface area contributed by atoms with Gasteiger partial charge in [-0.3, -0.25) is 4.79 Å². The average Bonchev–Trinajstić information content (AvgIpc) is 2.48. The first-order valence-corrected chi connectivity index (χ1v) is 7.46. The molecule has 0 unspecified atom stereocenters. The summed E-state index contributed by atoms with van der Waals surface area (Å²) < 4.78 is 12.7. The van der Waals surface area contributed by atoms with Crippen LogP contribution in [-0.2, 0) is 11.2 Å². The Kier molecular flexibility index (Phi) is 8.31. The number of rotatable bonds is 6. The van der Waals surface area contributed by atoms with Gasteiger partial charge in [0.1, 0.15) is 5.82 Å². The molecule has 1 aromatic rings. The number of carbonyl (C=O) groups excluding carboxylic acids is 1. The molecule has 1 aliphatic heterocycles. The third-order valence-electron chi connectivity index (χ3n) is 3.89. The van der Waals surface area contributed by atoms with E-state index in [4.69, 9.17) is 0 Å². The lowest BCUT2D eigenvalue weighted by molar-refractivity contribution is -0.121. The fraction of sp³-hybridized carbons (Fsp3) is 0.562. The Hall–Kier alpha value is -1.13. The Morgan fingerprint density at radius 1 is 1.24 bits per heavy atom. The SMILES string of the molecule is Cl.O=C(CCC1CCNCC1)NCCc1ccc(F)cc1. The zero-order chi connectivity index (χ0) is 14.2. The fourth-order valence-corrected chi connectivity index (χ4v) is 2.59. The minimum Gasteiger partial charge on any atom is -0.356 e. The Balaban J connectivity index is 0.00000220. The summed E-state index contributed by atoms with van der Waals surface area (Å²) in [6, 6.07) is 6.43. The Morgan fingerprint density at radius 3 is 2.57 bits per heavy atom. The number of hydrogen-bond acceptors (Lipinski definition) is 2. The van der Waals surface area contributed by atoms with Gasteiger partial charge in [0.15, 0.2) is 0 Å². The normalized spacial score (nSPS) is 15.3. The van der Waals surface area contributed by atoms with Crippen LogP contribution in [0.1, 0.15) is 31.2 Å². The first-order valence-electron chi connectivity index (χ1n) is 7.46. The van der Waals surface area contributed by atoms with E-state index < -0.39 is 0 Å². The maximum atomic E-state index is 12.7. The quantitative estimate of drug-likeness (QED) is 0.847. The minimum absolute atomic E-state index is 0. The first kappa shape index (κ1) is 17.9. The van der Waals surface area contributed by atoms with E-state index in [1.54, 1.807) is 12.1 Å². The van der Waals surface area contributed by atoms with Crippen molar-refractivity contribution in [3.8, 4) is 0 Å². The number of benzene rings is 1. The molecule has 0 radical (unpaired) electrons. The van der Waals surface area contributed by atoms with Crippen molar-refractivity contribution in [2.45, 2.75) is 32.1 Å². The van der Waals surface area contributed by atoms with Gasteiger partial charge in [0.05, 0.1) is 0 Å². The van der Waals surface area contributed by atoms with Crippen LogP contribution in [0, 0.1) is 11.7 Å². The van der Waals surface area contributed by atoms with Gasteiger partial charge in [0.25, 0.3) is 0 Å². The minimum atomic E-state index is -0.222. The number of amides is 1. The summed E-state index contributed by atoms with van der Waals surface area (Å²) in [6.45, 7) is 2.78. The van der Waals surface area contributed by atoms with Gasteiger partial charge >= 0.3 is 0 Å². The maximum absolute atomic E-state index is 12.7. The molecule has 0 aromatic heterocycles. The van der Waals surface area contributed by atoms with Crippen LogP contribution in [0.2, 0.25) is 0 Å². The number of halogens is 2. The molecule has 0 saturated carbocycles. The lowest BCUT2D eigenvalue weighted by atomic mass is 9.93. The largest absolute Gasteiger partial charge is 0.356 e. The van der Waals surface area contributed by atoms with E-state index in [1.807, 2.05) is 0 Å². The molecule has 0 atom stereocenters. The lowest BCUT2D eigenvalue weighted by Gasteiger charge is -2.22. The van der Waals surface area contributed by atoms with Crippen LogP contribution in [0.25, 0.3) is 0 Å². The highest BCUT2D eigenvalue weighted by atomic mass is 35.5. The van der Waals surface area contributed by atoms with Gasteiger partial charge in [0, 0.05) is 13.0 Å². The summed E-state index contributed by atoms with van der Waals surface area (Å²) in [4.78, 5) is 11.7. The highest BCUT2D eigenvalue weighted by molar-refractivity contribution is 5.85. The number of hydrogen-bond donors (Lipinski definition) is 2. The zero-order valence-corrected chi connectivity index (χ0v) is 13.1. The van der Waals surface area contributed by atoms with E-state index in [-0.39, 0.29) is 24.1 Å². The number of piperidine rings is 1. The van der Waals surface area contributed by atoms with Gasteiger partial charge in [-0.1, -0.05) is 12.1 Å². The van der Waals surface area contributed by atoms with Gasteiger partial charge < -0.3 is 10.6 Å². The van der Waals surface area contributed by atoms with Crippen LogP contribution in [0.4, 0.5) is 4.39 Å². The van der Waals surface area contributed by atoms with Crippen molar-refractivity contribution >= 4 is 18.3 Å². The van der Waals surface area contributed by atoms with E-state index in [2.05, 4.69) is 10.6 Å². The standard InChI is InChI=1S/C16H23FN2O.ClH/c17-15-4-1-13(2-5-15)9-12-19-16(20)6-3-14-7-10-18-11-8-14;/h1-2,4-5,14,18H,3,6-12H2,(H,19,20);1H. The highest BCUT2D eigenvalue weighted by Gasteiger charge is 2.14. The van der Waals surface area contributed by atoms with Crippen LogP contribution in [0.15, 0.2) is 24.3 Å². The van der Waals surface area contributed by atoms with Crippen molar-refractivity contribution in [1.29, 1.82) is 0 Å². The summed E-state index contributed by atoms with van der Waals surface area (Å²) in [5.74, 6) is 0.601. The zero-order valence-electron chi connectivity index (χ0n) is 12.2. The Bertz CT molecular complexity index is 419. The van der Waals surface area contributed by atoms with Crippen LogP contribution in [0.3, 0.4) is 0 Å². The smallest absolute Gasteiger partial charge is 0.220 e. The predicted octanol–water partition coefficient (Wildman–Crippen LogP) is 2.69. The molecule has 0 aliphatic carbocycles. The van der Waals surface area contributed by atoms with Gasteiger partial charge in [0.2, 0.25) is 5.91 Å². The van der Waals surface area contributed by atoms with Crippen LogP contribution >= 0.6 is 12.4 Å². The monoisotopic (exact) mass is 314 g/mol. The second-order valence-electron chi connectivity index (χ2n) is 5.46. The Morgan fingerprint density at radius 2 is 1.90 bits per heavy atom. The molecule has 1 saturated heterocycles. The summed E-state index contributed by atoms with van der Waals surface area (Å²) >= 11 is 0. The molecule has 1 fully saturated rings. The van der Waals surface area contributed by atoms with Gasteiger partial charge in [-0.05, 0) is 62.4 Å². The summed E-state index contributed by atoms with van der Waals surface area (Å²) in [6.07, 6.45) is 4.73. The third-order valence-corrected chi connectivity index (χ3v) is 3.89. The number of nitrogens with one attached hydrogen (secondary N) is 2. The lowest BCUT2D eigenvalue weighted by Crippen LogP contribution is -2.30. The van der Waals surface area contributed by atoms with Gasteiger partial charge in [-0.15, -0.1) is 12.4 Å². The van der Waals surface area contributed by atoms with Crippen molar-refractivity contribution in [2.75, 3.05) is 19.6 Å². The van der Waals surface area contributed by atoms with Gasteiger partial charge in [-0.25, -0.2) is 4.39 Å². The molecule has 21 heavy (non-hydrogen) atoms. The molecule has 2 rings (SSSR count). The van der Waals surface area contributed by atoms with Crippen LogP contribution in [-0.4, -0.2) is 25.5 Å². The predicted molar refractivity (Wildman–Crippen MR) is 85.2 cm³/mol. The van der Waals surface area contributed by atoms with E-state index >= 15 is 0 Å². The number of carbonyl (C=O) groups is 1. The second kappa shape index (κ2) is 9.74. The molecule has 1 aliphatic rings. The van der Waals surface area contributed by atoms with Crippen molar-refractivity contribution in [1.82, 2.24) is 10.6 Å². The molecule has 0 bridgehead atoms. The van der Waals surface area contributed by atoms with Crippen LogP contribution < -0.4 is 10.6 Å². The van der Waals surface area contributed by atoms with Crippen molar-refractivity contribution in [3.63, 3.8) is 0 Å². The van der Waals surface area contributed by atoms with Gasteiger partial charge in [-0.2, -0.15) is 0 Å². The molecular weight excluding hydrogens is 291 g/mol. The Labute approximate surface area is 132 Å². The maximum Gasteiger partial charge on any atom is 0.220 e. The molecule has 5 heteroatoms. The molecule has 2 N–H and O–H groups in total. The fourth-order valence-electron chi connectivity index (χ4n) is 2.59. The molecule has 1 amide bonds. The topological polar surface area (TPSA) is 41.1 Å². The molecule has 1 heterocycles. The molecule has 0 spiro atoms.